The molecule has 1 saturated carbocycles. The third kappa shape index (κ3) is 4.47. The number of carbonyl (C=O) groups excluding carboxylic acids is 1. The number of aromatic nitrogens is 4. The minimum Gasteiger partial charge on any atom is -0.494 e. The van der Waals surface area contributed by atoms with Gasteiger partial charge in [-0.15, -0.1) is 0 Å². The smallest absolute Gasteiger partial charge is 0.451 e. The number of nitrogens with zero attached hydrogens (tertiary/aromatic N) is 4. The fourth-order valence-electron chi connectivity index (χ4n) is 3.84. The van der Waals surface area contributed by atoms with Gasteiger partial charge >= 0.3 is 6.18 Å². The quantitative estimate of drug-likeness (QED) is 0.636. The van der Waals surface area contributed by atoms with Crippen molar-refractivity contribution in [3.63, 3.8) is 0 Å². The van der Waals surface area contributed by atoms with Crippen LogP contribution in [0.1, 0.15) is 55.0 Å². The van der Waals surface area contributed by atoms with Gasteiger partial charge in [-0.3, -0.25) is 9.48 Å². The van der Waals surface area contributed by atoms with Crippen LogP contribution in [0.25, 0.3) is 10.9 Å². The fourth-order valence-corrected chi connectivity index (χ4v) is 3.84. The predicted octanol–water partition coefficient (Wildman–Crippen LogP) is 4.86. The highest BCUT2D eigenvalue weighted by Gasteiger charge is 2.35. The van der Waals surface area contributed by atoms with Crippen molar-refractivity contribution < 1.29 is 22.7 Å². The van der Waals surface area contributed by atoms with Crippen molar-refractivity contribution in [1.82, 2.24) is 19.7 Å². The summed E-state index contributed by atoms with van der Waals surface area (Å²) in [6.45, 7) is 2.25. The lowest BCUT2D eigenvalue weighted by molar-refractivity contribution is -0.145. The Morgan fingerprint density at radius 3 is 2.65 bits per heavy atom. The summed E-state index contributed by atoms with van der Waals surface area (Å²) in [4.78, 5) is 19.0. The third-order valence-corrected chi connectivity index (χ3v) is 5.59. The van der Waals surface area contributed by atoms with Crippen LogP contribution in [0.5, 0.6) is 5.75 Å². The number of methoxy groups -OCH3 is 1. The first-order valence-electron chi connectivity index (χ1n) is 10.0. The topological polar surface area (TPSA) is 81.9 Å². The molecule has 0 unspecified atom stereocenters. The summed E-state index contributed by atoms with van der Waals surface area (Å²) in [5.74, 6) is -1.08. The van der Waals surface area contributed by atoms with Gasteiger partial charge < -0.3 is 10.1 Å². The van der Waals surface area contributed by atoms with Gasteiger partial charge in [0, 0.05) is 23.8 Å². The zero-order valence-electron chi connectivity index (χ0n) is 17.1. The highest BCUT2D eigenvalue weighted by Crippen LogP contribution is 2.35. The van der Waals surface area contributed by atoms with Gasteiger partial charge in [-0.2, -0.15) is 18.3 Å². The normalized spacial score (nSPS) is 19.4. The zero-order chi connectivity index (χ0) is 22.2. The molecule has 1 fully saturated rings. The Bertz CT molecular complexity index is 1100. The molecule has 1 N–H and O–H groups in total. The molecule has 0 atom stereocenters. The van der Waals surface area contributed by atoms with E-state index in [1.54, 1.807) is 12.1 Å². The fraction of sp³-hybridized carbons (Fsp3) is 0.429. The molecule has 1 amide bonds. The van der Waals surface area contributed by atoms with E-state index in [0.717, 1.165) is 54.8 Å². The molecule has 7 nitrogen and oxygen atoms in total. The van der Waals surface area contributed by atoms with Gasteiger partial charge in [0.15, 0.2) is 0 Å². The molecule has 31 heavy (non-hydrogen) atoms. The number of ether oxygens (including phenoxy) is 1. The Morgan fingerprint density at radius 2 is 1.97 bits per heavy atom. The van der Waals surface area contributed by atoms with Crippen LogP contribution in [0, 0.1) is 5.92 Å². The Hall–Kier alpha value is -3.17. The molecule has 3 aromatic rings. The van der Waals surface area contributed by atoms with Gasteiger partial charge in [0.25, 0.3) is 5.91 Å². The van der Waals surface area contributed by atoms with E-state index in [4.69, 9.17) is 4.74 Å². The lowest BCUT2D eigenvalue weighted by Gasteiger charge is -2.26. The number of nitrogens with one attached hydrogen (secondary N) is 1. The Balaban J connectivity index is 1.60. The maximum Gasteiger partial charge on any atom is 0.451 e. The first-order chi connectivity index (χ1) is 14.7. The number of halogens is 3. The average Bonchev–Trinajstić information content (AvgIpc) is 3.16. The summed E-state index contributed by atoms with van der Waals surface area (Å²) < 4.78 is 45.8. The number of hydrogen-bond acceptors (Lipinski definition) is 5. The second kappa shape index (κ2) is 8.16. The van der Waals surface area contributed by atoms with Crippen molar-refractivity contribution in [3.8, 4) is 5.75 Å². The first kappa shape index (κ1) is 21.1. The van der Waals surface area contributed by atoms with Gasteiger partial charge in [-0.1, -0.05) is 6.92 Å². The highest BCUT2D eigenvalue weighted by molar-refractivity contribution is 6.05. The van der Waals surface area contributed by atoms with E-state index in [-0.39, 0.29) is 0 Å². The van der Waals surface area contributed by atoms with Crippen molar-refractivity contribution in [2.75, 3.05) is 12.4 Å². The number of carbonyl (C=O) groups is 1. The summed E-state index contributed by atoms with van der Waals surface area (Å²) >= 11 is 0. The second-order valence-electron chi connectivity index (χ2n) is 7.85. The van der Waals surface area contributed by atoms with Crippen LogP contribution in [-0.4, -0.2) is 32.8 Å². The summed E-state index contributed by atoms with van der Waals surface area (Å²) in [7, 11) is 1.45. The maximum absolute atomic E-state index is 12.8. The van der Waals surface area contributed by atoms with Crippen molar-refractivity contribution in [2.24, 2.45) is 5.92 Å². The van der Waals surface area contributed by atoms with Crippen molar-refractivity contribution in [1.29, 1.82) is 0 Å². The molecule has 4 rings (SSSR count). The molecule has 1 aliphatic carbocycles. The molecular formula is C21H22F3N5O2. The zero-order valence-corrected chi connectivity index (χ0v) is 17.1. The summed E-state index contributed by atoms with van der Waals surface area (Å²) in [5.41, 5.74) is 0.648. The maximum atomic E-state index is 12.8. The lowest BCUT2D eigenvalue weighted by atomic mass is 9.87. The lowest BCUT2D eigenvalue weighted by Crippen LogP contribution is -2.18. The average molecular weight is 433 g/mol. The second-order valence-corrected chi connectivity index (χ2v) is 7.85. The van der Waals surface area contributed by atoms with E-state index in [1.165, 1.54) is 7.11 Å². The number of amides is 1. The van der Waals surface area contributed by atoms with Crippen LogP contribution in [0.2, 0.25) is 0 Å². The van der Waals surface area contributed by atoms with E-state index >= 15 is 0 Å². The van der Waals surface area contributed by atoms with E-state index in [9.17, 15) is 18.0 Å². The van der Waals surface area contributed by atoms with E-state index in [1.807, 2.05) is 10.9 Å². The molecule has 1 aliphatic rings. The molecule has 1 aromatic carbocycles. The predicted molar refractivity (Wildman–Crippen MR) is 108 cm³/mol. The molecule has 0 radical (unpaired) electrons. The Kier molecular flexibility index (Phi) is 5.55. The van der Waals surface area contributed by atoms with Crippen LogP contribution in [0.4, 0.5) is 18.9 Å². The molecule has 0 saturated heterocycles. The van der Waals surface area contributed by atoms with Gasteiger partial charge in [0.1, 0.15) is 11.4 Å². The van der Waals surface area contributed by atoms with Crippen LogP contribution in [-0.2, 0) is 6.18 Å². The number of alkyl halides is 3. The summed E-state index contributed by atoms with van der Waals surface area (Å²) in [6, 6.07) is 4.85. The van der Waals surface area contributed by atoms with Gasteiger partial charge in [-0.25, -0.2) is 9.97 Å². The molecule has 2 heterocycles. The Morgan fingerprint density at radius 1 is 1.23 bits per heavy atom. The molecular weight excluding hydrogens is 411 g/mol. The number of anilines is 1. The van der Waals surface area contributed by atoms with E-state index in [2.05, 4.69) is 27.3 Å². The number of fused-ring (bicyclic) bond motifs is 1. The van der Waals surface area contributed by atoms with Crippen molar-refractivity contribution in [3.05, 3.63) is 42.1 Å². The standard InChI is InChI=1S/C21H22F3N5O2/c1-12-3-5-14(6-4-12)29-11-13-9-17(18(31-2)10-16(13)28-29)26-19(30)15-7-8-25-20(27-15)21(22,23)24/h7-12,14H,3-6H2,1-2H3,(H,26,30). The largest absolute Gasteiger partial charge is 0.494 e. The van der Waals surface area contributed by atoms with Gasteiger partial charge in [-0.05, 0) is 43.7 Å². The van der Waals surface area contributed by atoms with Crippen LogP contribution < -0.4 is 10.1 Å². The number of hydrogen-bond donors (Lipinski definition) is 1. The first-order valence-corrected chi connectivity index (χ1v) is 10.0. The minimum absolute atomic E-state index is 0.323. The summed E-state index contributed by atoms with van der Waals surface area (Å²) in [5, 5.41) is 8.05. The highest BCUT2D eigenvalue weighted by atomic mass is 19.4. The van der Waals surface area contributed by atoms with E-state index < -0.39 is 23.6 Å². The number of benzene rings is 1. The molecule has 0 bridgehead atoms. The monoisotopic (exact) mass is 433 g/mol. The van der Waals surface area contributed by atoms with Crippen LogP contribution in [0.15, 0.2) is 30.6 Å². The molecule has 0 aliphatic heterocycles. The summed E-state index contributed by atoms with van der Waals surface area (Å²) in [6.07, 6.45) is 2.53. The SMILES string of the molecule is COc1cc2nn(C3CCC(C)CC3)cc2cc1NC(=O)c1ccnc(C(F)(F)F)n1. The number of rotatable bonds is 4. The van der Waals surface area contributed by atoms with Gasteiger partial charge in [0.05, 0.1) is 24.4 Å². The molecule has 10 heteroatoms. The molecule has 2 aromatic heterocycles. The Labute approximate surface area is 176 Å². The van der Waals surface area contributed by atoms with Crippen molar-refractivity contribution >= 4 is 22.5 Å². The van der Waals surface area contributed by atoms with Gasteiger partial charge in [0.2, 0.25) is 5.82 Å². The molecule has 164 valence electrons. The minimum atomic E-state index is -4.74. The molecule has 0 spiro atoms. The third-order valence-electron chi connectivity index (χ3n) is 5.59. The van der Waals surface area contributed by atoms with Crippen molar-refractivity contribution in [2.45, 2.75) is 44.8 Å². The van der Waals surface area contributed by atoms with E-state index in [0.29, 0.717) is 17.5 Å². The van der Waals surface area contributed by atoms with Crippen LogP contribution in [0.3, 0.4) is 0 Å². The van der Waals surface area contributed by atoms with Crippen LogP contribution >= 0.6 is 0 Å².